The number of hydrogen-bond donors (Lipinski definition) is 0. The Labute approximate surface area is 110 Å². The predicted octanol–water partition coefficient (Wildman–Crippen LogP) is 3.89. The summed E-state index contributed by atoms with van der Waals surface area (Å²) in [5.74, 6) is 0.313. The third-order valence-corrected chi connectivity index (χ3v) is 3.27. The van der Waals surface area contributed by atoms with Crippen LogP contribution in [0.1, 0.15) is 38.7 Å². The van der Waals surface area contributed by atoms with Crippen LogP contribution in [0.5, 0.6) is 0 Å². The second-order valence-corrected chi connectivity index (χ2v) is 6.45. The fourth-order valence-corrected chi connectivity index (χ4v) is 2.36. The van der Waals surface area contributed by atoms with Gasteiger partial charge in [0.25, 0.3) is 0 Å². The molecule has 1 aromatic rings. The van der Waals surface area contributed by atoms with Gasteiger partial charge < -0.3 is 4.74 Å². The molecule has 0 saturated heterocycles. The lowest BCUT2D eigenvalue weighted by Gasteiger charge is -2.19. The van der Waals surface area contributed by atoms with Crippen molar-refractivity contribution < 1.29 is 9.53 Å². The van der Waals surface area contributed by atoms with Crippen LogP contribution in [0, 0.1) is 5.92 Å². The van der Waals surface area contributed by atoms with Crippen molar-refractivity contribution in [1.29, 1.82) is 0 Å². The minimum Gasteiger partial charge on any atom is -0.460 e. The molecule has 0 radical (unpaired) electrons. The van der Waals surface area contributed by atoms with E-state index in [2.05, 4.69) is 28.1 Å². The number of carbonyl (C=O) groups is 1. The van der Waals surface area contributed by atoms with Crippen LogP contribution < -0.4 is 0 Å². The highest BCUT2D eigenvalue weighted by atomic mass is 79.9. The van der Waals surface area contributed by atoms with Crippen LogP contribution in [0.25, 0.3) is 0 Å². The third-order valence-electron chi connectivity index (χ3n) is 2.78. The molecule has 1 saturated carbocycles. The van der Waals surface area contributed by atoms with Gasteiger partial charge in [0.2, 0.25) is 0 Å². The molecule has 2 rings (SSSR count). The van der Waals surface area contributed by atoms with Crippen molar-refractivity contribution in [2.45, 2.75) is 38.7 Å². The van der Waals surface area contributed by atoms with E-state index in [1.807, 2.05) is 32.9 Å². The number of halogens is 1. The number of esters is 1. The molecular formula is C14H17BrO2. The van der Waals surface area contributed by atoms with Gasteiger partial charge in [-0.25, -0.2) is 0 Å². The zero-order valence-electron chi connectivity index (χ0n) is 10.4. The lowest BCUT2D eigenvalue weighted by Crippen LogP contribution is -2.25. The van der Waals surface area contributed by atoms with Crippen molar-refractivity contribution >= 4 is 21.9 Å². The van der Waals surface area contributed by atoms with Gasteiger partial charge in [0.15, 0.2) is 0 Å². The maximum atomic E-state index is 11.9. The van der Waals surface area contributed by atoms with Gasteiger partial charge in [-0.05, 0) is 50.8 Å². The van der Waals surface area contributed by atoms with E-state index in [9.17, 15) is 4.79 Å². The lowest BCUT2D eigenvalue weighted by atomic mass is 10.1. The molecule has 0 amide bonds. The van der Waals surface area contributed by atoms with E-state index in [0.717, 1.165) is 10.9 Å². The third kappa shape index (κ3) is 3.32. The van der Waals surface area contributed by atoms with Crippen LogP contribution >= 0.6 is 15.9 Å². The molecule has 0 bridgehead atoms. The zero-order valence-corrected chi connectivity index (χ0v) is 12.0. The maximum absolute atomic E-state index is 11.9. The molecule has 1 aromatic carbocycles. The Balaban J connectivity index is 1.99. The number of carbonyl (C=O) groups excluding carboxylic acids is 1. The highest BCUT2D eigenvalue weighted by Gasteiger charge is 2.46. The van der Waals surface area contributed by atoms with Crippen molar-refractivity contribution in [1.82, 2.24) is 0 Å². The van der Waals surface area contributed by atoms with Crippen LogP contribution in [0.15, 0.2) is 28.7 Å². The molecule has 0 spiro atoms. The first-order valence-corrected chi connectivity index (χ1v) is 6.64. The van der Waals surface area contributed by atoms with Crippen LogP contribution in [0.3, 0.4) is 0 Å². The van der Waals surface area contributed by atoms with Gasteiger partial charge in [-0.3, -0.25) is 4.79 Å². The summed E-state index contributed by atoms with van der Waals surface area (Å²) in [7, 11) is 0. The molecule has 2 atom stereocenters. The van der Waals surface area contributed by atoms with E-state index in [4.69, 9.17) is 4.74 Å². The van der Waals surface area contributed by atoms with E-state index < -0.39 is 0 Å². The Kier molecular flexibility index (Phi) is 3.30. The number of rotatable bonds is 2. The minimum absolute atomic E-state index is 0.0449. The summed E-state index contributed by atoms with van der Waals surface area (Å²) in [5, 5.41) is 0. The molecule has 2 unspecified atom stereocenters. The summed E-state index contributed by atoms with van der Waals surface area (Å²) >= 11 is 3.45. The molecule has 0 N–H and O–H groups in total. The molecule has 3 heteroatoms. The fourth-order valence-electron chi connectivity index (χ4n) is 1.94. The number of hydrogen-bond acceptors (Lipinski definition) is 2. The van der Waals surface area contributed by atoms with Gasteiger partial charge in [0.1, 0.15) is 5.60 Å². The fraction of sp³-hybridized carbons (Fsp3) is 0.500. The first-order chi connectivity index (χ1) is 7.87. The van der Waals surface area contributed by atoms with Crippen LogP contribution in [-0.4, -0.2) is 11.6 Å². The second kappa shape index (κ2) is 4.45. The molecule has 0 aliphatic heterocycles. The SMILES string of the molecule is CC(C)(C)OC(=O)C1CC1c1cccc(Br)c1. The van der Waals surface area contributed by atoms with Crippen molar-refractivity contribution in [2.75, 3.05) is 0 Å². The van der Waals surface area contributed by atoms with Gasteiger partial charge in [-0.1, -0.05) is 28.1 Å². The van der Waals surface area contributed by atoms with Crippen molar-refractivity contribution in [3.63, 3.8) is 0 Å². The number of ether oxygens (including phenoxy) is 1. The number of benzene rings is 1. The summed E-state index contributed by atoms with van der Waals surface area (Å²) in [4.78, 5) is 11.9. The topological polar surface area (TPSA) is 26.3 Å². The second-order valence-electron chi connectivity index (χ2n) is 5.54. The van der Waals surface area contributed by atoms with E-state index in [0.29, 0.717) is 5.92 Å². The average molecular weight is 297 g/mol. The van der Waals surface area contributed by atoms with Crippen molar-refractivity contribution in [3.05, 3.63) is 34.3 Å². The standard InChI is InChI=1S/C14H17BrO2/c1-14(2,3)17-13(16)12-8-11(12)9-5-4-6-10(15)7-9/h4-7,11-12H,8H2,1-3H3. The van der Waals surface area contributed by atoms with Gasteiger partial charge in [0.05, 0.1) is 5.92 Å². The molecule has 0 heterocycles. The molecule has 0 aromatic heterocycles. The lowest BCUT2D eigenvalue weighted by molar-refractivity contribution is -0.156. The van der Waals surface area contributed by atoms with Crippen LogP contribution in [0.4, 0.5) is 0 Å². The summed E-state index contributed by atoms with van der Waals surface area (Å²) in [6, 6.07) is 8.15. The summed E-state index contributed by atoms with van der Waals surface area (Å²) < 4.78 is 6.45. The van der Waals surface area contributed by atoms with Crippen LogP contribution in [-0.2, 0) is 9.53 Å². The maximum Gasteiger partial charge on any atom is 0.310 e. The molecular weight excluding hydrogens is 280 g/mol. The quantitative estimate of drug-likeness (QED) is 0.774. The monoisotopic (exact) mass is 296 g/mol. The Morgan fingerprint density at radius 2 is 2.12 bits per heavy atom. The molecule has 17 heavy (non-hydrogen) atoms. The highest BCUT2D eigenvalue weighted by molar-refractivity contribution is 9.10. The Bertz CT molecular complexity index is 434. The molecule has 2 nitrogen and oxygen atoms in total. The van der Waals surface area contributed by atoms with Crippen molar-refractivity contribution in [2.24, 2.45) is 5.92 Å². The molecule has 1 fully saturated rings. The average Bonchev–Trinajstić information content (AvgIpc) is 2.94. The Morgan fingerprint density at radius 3 is 2.71 bits per heavy atom. The minimum atomic E-state index is -0.387. The van der Waals surface area contributed by atoms with Gasteiger partial charge in [0, 0.05) is 4.47 Å². The normalized spacial score (nSPS) is 23.3. The highest BCUT2D eigenvalue weighted by Crippen LogP contribution is 2.48. The van der Waals surface area contributed by atoms with Gasteiger partial charge in [-0.2, -0.15) is 0 Å². The smallest absolute Gasteiger partial charge is 0.310 e. The van der Waals surface area contributed by atoms with E-state index >= 15 is 0 Å². The molecule has 92 valence electrons. The van der Waals surface area contributed by atoms with E-state index in [1.54, 1.807) is 0 Å². The van der Waals surface area contributed by atoms with Gasteiger partial charge >= 0.3 is 5.97 Å². The Hall–Kier alpha value is -0.830. The predicted molar refractivity (Wildman–Crippen MR) is 70.8 cm³/mol. The van der Waals surface area contributed by atoms with Crippen molar-refractivity contribution in [3.8, 4) is 0 Å². The largest absolute Gasteiger partial charge is 0.460 e. The van der Waals surface area contributed by atoms with Gasteiger partial charge in [-0.15, -0.1) is 0 Å². The summed E-state index contributed by atoms with van der Waals surface area (Å²) in [6.07, 6.45) is 0.908. The van der Waals surface area contributed by atoms with E-state index in [1.165, 1.54) is 5.56 Å². The van der Waals surface area contributed by atoms with E-state index in [-0.39, 0.29) is 17.5 Å². The zero-order chi connectivity index (χ0) is 12.6. The first kappa shape index (κ1) is 12.6. The molecule has 1 aliphatic carbocycles. The first-order valence-electron chi connectivity index (χ1n) is 5.85. The summed E-state index contributed by atoms with van der Waals surface area (Å²) in [6.45, 7) is 5.71. The summed E-state index contributed by atoms with van der Waals surface area (Å²) in [5.41, 5.74) is 0.830. The van der Waals surface area contributed by atoms with Crippen LogP contribution in [0.2, 0.25) is 0 Å². The molecule has 1 aliphatic rings. The Morgan fingerprint density at radius 1 is 1.41 bits per heavy atom.